The standard InChI is InChI=1S/C19H17F2N3/c20-16-7-6-13(10-17(16)21)12-24-18-8-9-22-11-15(18)19(23-24)14-4-2-1-3-5-14/h1-7,10,22H,8-9,11-12H2. The Morgan fingerprint density at radius 3 is 2.67 bits per heavy atom. The number of aromatic nitrogens is 2. The van der Waals surface area contributed by atoms with E-state index in [4.69, 9.17) is 5.10 Å². The summed E-state index contributed by atoms with van der Waals surface area (Å²) in [5.74, 6) is -1.64. The lowest BCUT2D eigenvalue weighted by molar-refractivity contribution is 0.505. The van der Waals surface area contributed by atoms with Crippen LogP contribution in [0, 0.1) is 11.6 Å². The van der Waals surface area contributed by atoms with Crippen LogP contribution in [0.1, 0.15) is 16.8 Å². The van der Waals surface area contributed by atoms with Crippen LogP contribution in [-0.4, -0.2) is 16.3 Å². The quantitative estimate of drug-likeness (QED) is 0.798. The summed E-state index contributed by atoms with van der Waals surface area (Å²) >= 11 is 0. The van der Waals surface area contributed by atoms with E-state index in [-0.39, 0.29) is 0 Å². The zero-order valence-corrected chi connectivity index (χ0v) is 13.1. The van der Waals surface area contributed by atoms with Crippen LogP contribution in [0.3, 0.4) is 0 Å². The highest BCUT2D eigenvalue weighted by Gasteiger charge is 2.21. The van der Waals surface area contributed by atoms with Gasteiger partial charge in [-0.3, -0.25) is 4.68 Å². The number of rotatable bonds is 3. The van der Waals surface area contributed by atoms with E-state index in [0.717, 1.165) is 36.5 Å². The predicted octanol–water partition coefficient (Wildman–Crippen LogP) is 3.52. The zero-order valence-electron chi connectivity index (χ0n) is 13.1. The maximum Gasteiger partial charge on any atom is 0.159 e. The second kappa shape index (κ2) is 6.17. The summed E-state index contributed by atoms with van der Waals surface area (Å²) in [5.41, 5.74) is 5.09. The molecular weight excluding hydrogens is 308 g/mol. The number of fused-ring (bicyclic) bond motifs is 1. The average Bonchev–Trinajstić information content (AvgIpc) is 2.98. The Hall–Kier alpha value is -2.53. The summed E-state index contributed by atoms with van der Waals surface area (Å²) in [4.78, 5) is 0. The maximum absolute atomic E-state index is 13.5. The molecule has 0 fully saturated rings. The van der Waals surface area contributed by atoms with Gasteiger partial charge in [0.25, 0.3) is 0 Å². The highest BCUT2D eigenvalue weighted by atomic mass is 19.2. The van der Waals surface area contributed by atoms with Gasteiger partial charge in [-0.1, -0.05) is 36.4 Å². The average molecular weight is 325 g/mol. The van der Waals surface area contributed by atoms with Gasteiger partial charge < -0.3 is 5.32 Å². The van der Waals surface area contributed by atoms with Crippen LogP contribution in [0.15, 0.2) is 48.5 Å². The van der Waals surface area contributed by atoms with Crippen molar-refractivity contribution < 1.29 is 8.78 Å². The summed E-state index contributed by atoms with van der Waals surface area (Å²) in [6.45, 7) is 2.11. The van der Waals surface area contributed by atoms with Crippen molar-refractivity contribution in [2.24, 2.45) is 0 Å². The maximum atomic E-state index is 13.5. The van der Waals surface area contributed by atoms with Crippen LogP contribution in [-0.2, 0) is 19.5 Å². The molecule has 2 heterocycles. The van der Waals surface area contributed by atoms with Gasteiger partial charge in [-0.2, -0.15) is 5.10 Å². The summed E-state index contributed by atoms with van der Waals surface area (Å²) in [6, 6.07) is 14.1. The Bertz CT molecular complexity index is 872. The highest BCUT2D eigenvalue weighted by Crippen LogP contribution is 2.28. The van der Waals surface area contributed by atoms with Crippen LogP contribution < -0.4 is 5.32 Å². The van der Waals surface area contributed by atoms with Crippen molar-refractivity contribution in [3.63, 3.8) is 0 Å². The molecule has 2 aromatic carbocycles. The molecule has 0 atom stereocenters. The molecule has 1 aliphatic heterocycles. The molecule has 1 aliphatic rings. The number of hydrogen-bond acceptors (Lipinski definition) is 2. The first-order chi connectivity index (χ1) is 11.7. The molecule has 0 radical (unpaired) electrons. The monoisotopic (exact) mass is 325 g/mol. The molecule has 0 saturated heterocycles. The summed E-state index contributed by atoms with van der Waals surface area (Å²) in [5, 5.41) is 8.15. The van der Waals surface area contributed by atoms with Crippen molar-refractivity contribution in [1.82, 2.24) is 15.1 Å². The Balaban J connectivity index is 1.75. The largest absolute Gasteiger partial charge is 0.312 e. The third-order valence-electron chi connectivity index (χ3n) is 4.37. The summed E-state index contributed by atoms with van der Waals surface area (Å²) < 4.78 is 28.5. The molecule has 3 aromatic rings. The first-order valence-corrected chi connectivity index (χ1v) is 8.01. The van der Waals surface area contributed by atoms with Crippen LogP contribution in [0.2, 0.25) is 0 Å². The summed E-state index contributed by atoms with van der Waals surface area (Å²) in [6.07, 6.45) is 0.874. The van der Waals surface area contributed by atoms with Crippen LogP contribution >= 0.6 is 0 Å². The molecule has 0 aliphatic carbocycles. The van der Waals surface area contributed by atoms with E-state index in [1.54, 1.807) is 6.07 Å². The Labute approximate surface area is 138 Å². The lowest BCUT2D eigenvalue weighted by Crippen LogP contribution is -2.25. The molecule has 0 bridgehead atoms. The molecule has 122 valence electrons. The molecule has 0 spiro atoms. The van der Waals surface area contributed by atoms with Crippen molar-refractivity contribution in [2.75, 3.05) is 6.54 Å². The van der Waals surface area contributed by atoms with Gasteiger partial charge in [0.1, 0.15) is 0 Å². The molecule has 5 heteroatoms. The minimum atomic E-state index is -0.824. The Morgan fingerprint density at radius 2 is 1.88 bits per heavy atom. The van der Waals surface area contributed by atoms with E-state index in [2.05, 4.69) is 5.32 Å². The number of hydrogen-bond donors (Lipinski definition) is 1. The Morgan fingerprint density at radius 1 is 1.04 bits per heavy atom. The van der Waals surface area contributed by atoms with E-state index in [1.165, 1.54) is 17.7 Å². The molecule has 0 saturated carbocycles. The summed E-state index contributed by atoms with van der Waals surface area (Å²) in [7, 11) is 0. The predicted molar refractivity (Wildman–Crippen MR) is 88.5 cm³/mol. The SMILES string of the molecule is Fc1ccc(Cn2nc(-c3ccccc3)c3c2CCNC3)cc1F. The topological polar surface area (TPSA) is 29.9 Å². The van der Waals surface area contributed by atoms with Gasteiger partial charge in [0.05, 0.1) is 12.2 Å². The fourth-order valence-electron chi connectivity index (χ4n) is 3.19. The fourth-order valence-corrected chi connectivity index (χ4v) is 3.19. The highest BCUT2D eigenvalue weighted by molar-refractivity contribution is 5.64. The van der Waals surface area contributed by atoms with Gasteiger partial charge in [0, 0.05) is 36.3 Å². The fraction of sp³-hybridized carbons (Fsp3) is 0.211. The number of halogens is 2. The van der Waals surface area contributed by atoms with Gasteiger partial charge >= 0.3 is 0 Å². The lowest BCUT2D eigenvalue weighted by atomic mass is 10.0. The van der Waals surface area contributed by atoms with Crippen molar-refractivity contribution >= 4 is 0 Å². The van der Waals surface area contributed by atoms with Crippen LogP contribution in [0.5, 0.6) is 0 Å². The van der Waals surface area contributed by atoms with E-state index >= 15 is 0 Å². The number of nitrogens with one attached hydrogen (secondary N) is 1. The second-order valence-corrected chi connectivity index (χ2v) is 5.97. The zero-order chi connectivity index (χ0) is 16.5. The van der Waals surface area contributed by atoms with E-state index in [1.807, 2.05) is 35.0 Å². The third kappa shape index (κ3) is 2.71. The Kier molecular flexibility index (Phi) is 3.86. The molecule has 1 aromatic heterocycles. The molecular formula is C19H17F2N3. The van der Waals surface area contributed by atoms with Crippen LogP contribution in [0.4, 0.5) is 8.78 Å². The van der Waals surface area contributed by atoms with Crippen LogP contribution in [0.25, 0.3) is 11.3 Å². The normalized spacial score (nSPS) is 13.8. The first kappa shape index (κ1) is 15.0. The van der Waals surface area contributed by atoms with Gasteiger partial charge in [-0.25, -0.2) is 8.78 Å². The molecule has 0 unspecified atom stereocenters. The van der Waals surface area contributed by atoms with Crippen molar-refractivity contribution in [3.05, 3.63) is 77.0 Å². The molecule has 1 N–H and O–H groups in total. The first-order valence-electron chi connectivity index (χ1n) is 8.01. The molecule has 0 amide bonds. The number of benzene rings is 2. The molecule has 4 rings (SSSR count). The van der Waals surface area contributed by atoms with E-state index in [0.29, 0.717) is 12.1 Å². The third-order valence-corrected chi connectivity index (χ3v) is 4.37. The van der Waals surface area contributed by atoms with E-state index < -0.39 is 11.6 Å². The molecule has 3 nitrogen and oxygen atoms in total. The van der Waals surface area contributed by atoms with Gasteiger partial charge in [-0.05, 0) is 17.7 Å². The van der Waals surface area contributed by atoms with Crippen molar-refractivity contribution in [2.45, 2.75) is 19.5 Å². The van der Waals surface area contributed by atoms with Gasteiger partial charge in [0.2, 0.25) is 0 Å². The van der Waals surface area contributed by atoms with Gasteiger partial charge in [-0.15, -0.1) is 0 Å². The number of nitrogens with zero attached hydrogens (tertiary/aromatic N) is 2. The van der Waals surface area contributed by atoms with Crippen molar-refractivity contribution in [3.8, 4) is 11.3 Å². The van der Waals surface area contributed by atoms with E-state index in [9.17, 15) is 8.78 Å². The minimum Gasteiger partial charge on any atom is -0.312 e. The van der Waals surface area contributed by atoms with Crippen molar-refractivity contribution in [1.29, 1.82) is 0 Å². The lowest BCUT2D eigenvalue weighted by Gasteiger charge is -2.16. The molecule has 24 heavy (non-hydrogen) atoms. The second-order valence-electron chi connectivity index (χ2n) is 5.97. The smallest absolute Gasteiger partial charge is 0.159 e. The minimum absolute atomic E-state index is 0.437. The van der Waals surface area contributed by atoms with Gasteiger partial charge in [0.15, 0.2) is 11.6 Å².